The summed E-state index contributed by atoms with van der Waals surface area (Å²) in [5.41, 5.74) is 11.5. The standard InChI is InChI=1S/C35H28N4/c1-3-18-36-32(6-1)33-24-30(16-19-37-33)28-12-8-26(9-13-28)27-10-14-29(15-11-27)31-17-23-39-22-5-21-38-20-4-2-7-34(38)35(39)25-31/h1-4,6-20,23-25H,5,21-22H2/q+2. The highest BCUT2D eigenvalue weighted by Crippen LogP contribution is 2.29. The molecular weight excluding hydrogens is 476 g/mol. The van der Waals surface area contributed by atoms with Crippen LogP contribution >= 0.6 is 0 Å². The number of aromatic nitrogens is 4. The Hall–Kier alpha value is -4.96. The molecule has 0 N–H and O–H groups in total. The minimum atomic E-state index is 0.881. The molecule has 0 saturated carbocycles. The van der Waals surface area contributed by atoms with Gasteiger partial charge in [0, 0.05) is 36.7 Å². The quantitative estimate of drug-likeness (QED) is 0.248. The van der Waals surface area contributed by atoms with Crippen LogP contribution in [0.1, 0.15) is 6.42 Å². The first kappa shape index (κ1) is 23.2. The van der Waals surface area contributed by atoms with Gasteiger partial charge in [0.1, 0.15) is 0 Å². The molecule has 0 radical (unpaired) electrons. The van der Waals surface area contributed by atoms with Crippen molar-refractivity contribution in [3.05, 3.63) is 134 Å². The minimum absolute atomic E-state index is 0.881. The van der Waals surface area contributed by atoms with Crippen molar-refractivity contribution in [3.8, 4) is 56.2 Å². The molecule has 186 valence electrons. The summed E-state index contributed by atoms with van der Waals surface area (Å²) in [6, 6.07) is 38.7. The molecule has 0 unspecified atom stereocenters. The summed E-state index contributed by atoms with van der Waals surface area (Å²) in [4.78, 5) is 8.95. The normalized spacial score (nSPS) is 12.3. The van der Waals surface area contributed by atoms with Gasteiger partial charge in [-0.2, -0.15) is 9.13 Å². The zero-order chi connectivity index (χ0) is 26.0. The maximum absolute atomic E-state index is 4.51. The molecule has 0 atom stereocenters. The van der Waals surface area contributed by atoms with Crippen molar-refractivity contribution in [1.82, 2.24) is 9.97 Å². The molecular formula is C35H28N4+2. The van der Waals surface area contributed by atoms with Crippen LogP contribution in [0.4, 0.5) is 0 Å². The molecule has 6 aromatic rings. The summed E-state index contributed by atoms with van der Waals surface area (Å²) >= 11 is 0. The topological polar surface area (TPSA) is 33.5 Å². The van der Waals surface area contributed by atoms with Crippen molar-refractivity contribution in [2.45, 2.75) is 19.5 Å². The number of aryl methyl sites for hydroxylation is 2. The largest absolute Gasteiger partial charge is 0.277 e. The number of pyridine rings is 4. The van der Waals surface area contributed by atoms with Crippen LogP contribution in [0, 0.1) is 0 Å². The van der Waals surface area contributed by atoms with Gasteiger partial charge >= 0.3 is 0 Å². The zero-order valence-electron chi connectivity index (χ0n) is 21.6. The molecule has 0 saturated heterocycles. The summed E-state index contributed by atoms with van der Waals surface area (Å²) in [6.07, 6.45) is 9.21. The van der Waals surface area contributed by atoms with Gasteiger partial charge in [-0.25, -0.2) is 0 Å². The fourth-order valence-electron chi connectivity index (χ4n) is 5.41. The smallest absolute Gasteiger partial charge is 0.255 e. The van der Waals surface area contributed by atoms with Gasteiger partial charge in [-0.05, 0) is 63.7 Å². The average molecular weight is 505 g/mol. The van der Waals surface area contributed by atoms with Crippen molar-refractivity contribution < 1.29 is 9.13 Å². The summed E-state index contributed by atoms with van der Waals surface area (Å²) in [6.45, 7) is 2.09. The third-order valence-corrected chi connectivity index (χ3v) is 7.49. The fourth-order valence-corrected chi connectivity index (χ4v) is 5.41. The Morgan fingerprint density at radius 3 is 1.74 bits per heavy atom. The van der Waals surface area contributed by atoms with Gasteiger partial charge in [0.2, 0.25) is 0 Å². The first-order chi connectivity index (χ1) is 19.3. The van der Waals surface area contributed by atoms with E-state index in [1.54, 1.807) is 6.20 Å². The Bertz CT molecular complexity index is 1760. The van der Waals surface area contributed by atoms with Crippen LogP contribution in [-0.4, -0.2) is 9.97 Å². The molecule has 0 bridgehead atoms. The van der Waals surface area contributed by atoms with Crippen LogP contribution in [0.5, 0.6) is 0 Å². The number of fused-ring (bicyclic) bond motifs is 3. The van der Waals surface area contributed by atoms with E-state index in [9.17, 15) is 0 Å². The van der Waals surface area contributed by atoms with E-state index < -0.39 is 0 Å². The predicted molar refractivity (Wildman–Crippen MR) is 154 cm³/mol. The van der Waals surface area contributed by atoms with Gasteiger partial charge in [-0.1, -0.05) is 54.6 Å². The lowest BCUT2D eigenvalue weighted by Gasteiger charge is -2.08. The third kappa shape index (κ3) is 4.62. The van der Waals surface area contributed by atoms with E-state index in [-0.39, 0.29) is 0 Å². The predicted octanol–water partition coefficient (Wildman–Crippen LogP) is 6.79. The van der Waals surface area contributed by atoms with Crippen LogP contribution in [0.3, 0.4) is 0 Å². The first-order valence-corrected chi connectivity index (χ1v) is 13.4. The van der Waals surface area contributed by atoms with Crippen LogP contribution < -0.4 is 9.13 Å². The summed E-state index contributed by atoms with van der Waals surface area (Å²) < 4.78 is 4.74. The van der Waals surface area contributed by atoms with Crippen molar-refractivity contribution in [1.29, 1.82) is 0 Å². The van der Waals surface area contributed by atoms with Gasteiger partial charge in [0.15, 0.2) is 25.5 Å². The molecule has 2 aromatic carbocycles. The highest BCUT2D eigenvalue weighted by atomic mass is 15.1. The average Bonchev–Trinajstić information content (AvgIpc) is 3.21. The van der Waals surface area contributed by atoms with Crippen molar-refractivity contribution in [2.24, 2.45) is 0 Å². The maximum atomic E-state index is 4.51. The van der Waals surface area contributed by atoms with E-state index >= 15 is 0 Å². The molecule has 0 amide bonds. The molecule has 0 spiro atoms. The summed E-state index contributed by atoms with van der Waals surface area (Å²) in [5.74, 6) is 0. The van der Waals surface area contributed by atoms with Crippen molar-refractivity contribution >= 4 is 0 Å². The monoisotopic (exact) mass is 504 g/mol. The highest BCUT2D eigenvalue weighted by Gasteiger charge is 2.26. The van der Waals surface area contributed by atoms with E-state index in [0.717, 1.165) is 42.0 Å². The molecule has 1 aliphatic heterocycles. The Kier molecular flexibility index (Phi) is 5.98. The van der Waals surface area contributed by atoms with Crippen molar-refractivity contribution in [3.63, 3.8) is 0 Å². The van der Waals surface area contributed by atoms with E-state index in [0.29, 0.717) is 0 Å². The number of hydrogen-bond donors (Lipinski definition) is 0. The van der Waals surface area contributed by atoms with Crippen LogP contribution in [0.15, 0.2) is 134 Å². The van der Waals surface area contributed by atoms with Gasteiger partial charge in [-0.15, -0.1) is 0 Å². The van der Waals surface area contributed by atoms with Gasteiger partial charge in [0.25, 0.3) is 11.4 Å². The second kappa shape index (κ2) is 10.1. The van der Waals surface area contributed by atoms with Crippen molar-refractivity contribution in [2.75, 3.05) is 0 Å². The lowest BCUT2D eigenvalue weighted by molar-refractivity contribution is -0.687. The second-order valence-electron chi connectivity index (χ2n) is 9.93. The van der Waals surface area contributed by atoms with Crippen LogP contribution in [0.25, 0.3) is 56.2 Å². The Labute approximate surface area is 228 Å². The van der Waals surface area contributed by atoms with E-state index in [1.165, 1.54) is 33.6 Å². The lowest BCUT2D eigenvalue weighted by atomic mass is 9.98. The molecule has 0 aliphatic carbocycles. The molecule has 7 rings (SSSR count). The van der Waals surface area contributed by atoms with Gasteiger partial charge < -0.3 is 0 Å². The Morgan fingerprint density at radius 2 is 1.05 bits per heavy atom. The highest BCUT2D eigenvalue weighted by molar-refractivity contribution is 5.75. The molecule has 4 nitrogen and oxygen atoms in total. The molecule has 1 aliphatic rings. The summed E-state index contributed by atoms with van der Waals surface area (Å²) in [5, 5.41) is 0. The zero-order valence-corrected chi connectivity index (χ0v) is 21.6. The molecule has 4 aromatic heterocycles. The molecule has 39 heavy (non-hydrogen) atoms. The SMILES string of the molecule is c1ccc(-c2cc(-c3ccc(-c4ccc(-c5cc[n+]6c(c5)-c5cccc[n+]5CCC6)cc4)cc3)ccn2)nc1. The summed E-state index contributed by atoms with van der Waals surface area (Å²) in [7, 11) is 0. The van der Waals surface area contributed by atoms with E-state index in [1.807, 2.05) is 30.5 Å². The number of hydrogen-bond acceptors (Lipinski definition) is 2. The third-order valence-electron chi connectivity index (χ3n) is 7.49. The number of rotatable bonds is 4. The first-order valence-electron chi connectivity index (χ1n) is 13.4. The van der Waals surface area contributed by atoms with Gasteiger partial charge in [-0.3, -0.25) is 9.97 Å². The van der Waals surface area contributed by atoms with Gasteiger partial charge in [0.05, 0.1) is 17.8 Å². The molecule has 5 heterocycles. The second-order valence-corrected chi connectivity index (χ2v) is 9.93. The van der Waals surface area contributed by atoms with Crippen LogP contribution in [0.2, 0.25) is 0 Å². The minimum Gasteiger partial charge on any atom is -0.255 e. The number of nitrogens with zero attached hydrogens (tertiary/aromatic N) is 4. The molecule has 0 fully saturated rings. The molecule has 4 heteroatoms. The number of benzene rings is 2. The van der Waals surface area contributed by atoms with Crippen LogP contribution in [-0.2, 0) is 13.1 Å². The van der Waals surface area contributed by atoms with E-state index in [2.05, 4.69) is 116 Å². The maximum Gasteiger partial charge on any atom is 0.277 e. The Morgan fingerprint density at radius 1 is 0.436 bits per heavy atom. The lowest BCUT2D eigenvalue weighted by Crippen LogP contribution is -2.37. The fraction of sp³-hybridized carbons (Fsp3) is 0.0857. The Balaban J connectivity index is 1.14. The van der Waals surface area contributed by atoms with E-state index in [4.69, 9.17) is 0 Å².